The van der Waals surface area contributed by atoms with Gasteiger partial charge < -0.3 is 10.4 Å². The van der Waals surface area contributed by atoms with Gasteiger partial charge in [-0.2, -0.15) is 0 Å². The van der Waals surface area contributed by atoms with Crippen molar-refractivity contribution in [2.24, 2.45) is 0 Å². The van der Waals surface area contributed by atoms with E-state index in [2.05, 4.69) is 5.32 Å². The van der Waals surface area contributed by atoms with E-state index in [-0.39, 0.29) is 5.56 Å². The predicted molar refractivity (Wildman–Crippen MR) is 82.4 cm³/mol. The summed E-state index contributed by atoms with van der Waals surface area (Å²) in [5.74, 6) is -0.917. The number of carboxylic acid groups (broad SMARTS) is 1. The zero-order chi connectivity index (χ0) is 14.4. The molecule has 0 aliphatic carbocycles. The van der Waals surface area contributed by atoms with Crippen LogP contribution in [0.5, 0.6) is 0 Å². The van der Waals surface area contributed by atoms with Gasteiger partial charge in [0.2, 0.25) is 0 Å². The molecule has 0 amide bonds. The first-order valence-electron chi connectivity index (χ1n) is 6.14. The van der Waals surface area contributed by atoms with Crippen LogP contribution in [-0.2, 0) is 0 Å². The van der Waals surface area contributed by atoms with E-state index >= 15 is 0 Å². The number of aromatic carboxylic acids is 1. The average Bonchev–Trinajstić information content (AvgIpc) is 2.46. The Bertz CT molecular complexity index is 603. The number of nitrogens with one attached hydrogen (secondary N) is 1. The molecule has 0 unspecified atom stereocenters. The lowest BCUT2D eigenvalue weighted by Crippen LogP contribution is -2.00. The number of anilines is 1. The summed E-state index contributed by atoms with van der Waals surface area (Å²) in [4.78, 5) is 10.7. The van der Waals surface area contributed by atoms with Crippen molar-refractivity contribution in [3.8, 4) is 0 Å². The molecule has 2 N–H and O–H groups in total. The van der Waals surface area contributed by atoms with Crippen LogP contribution in [-0.4, -0.2) is 17.6 Å². The zero-order valence-corrected chi connectivity index (χ0v) is 11.5. The van der Waals surface area contributed by atoms with Crippen molar-refractivity contribution in [2.75, 3.05) is 11.9 Å². The Kier molecular flexibility index (Phi) is 4.80. The molecule has 2 aromatic carbocycles. The second-order valence-electron chi connectivity index (χ2n) is 4.22. The number of carbonyl (C=O) groups is 1. The lowest BCUT2D eigenvalue weighted by atomic mass is 10.2. The highest BCUT2D eigenvalue weighted by atomic mass is 35.5. The fourth-order valence-corrected chi connectivity index (χ4v) is 1.80. The van der Waals surface area contributed by atoms with Crippen LogP contribution in [0.4, 0.5) is 5.69 Å². The molecule has 4 heteroatoms. The van der Waals surface area contributed by atoms with Crippen LogP contribution in [0.2, 0.25) is 5.02 Å². The van der Waals surface area contributed by atoms with E-state index in [1.54, 1.807) is 24.3 Å². The minimum atomic E-state index is -0.917. The minimum Gasteiger partial charge on any atom is -0.478 e. The van der Waals surface area contributed by atoms with Gasteiger partial charge in [-0.15, -0.1) is 0 Å². The number of hydrogen-bond donors (Lipinski definition) is 2. The van der Waals surface area contributed by atoms with Gasteiger partial charge in [-0.3, -0.25) is 0 Å². The number of carboxylic acids is 1. The molecule has 0 spiro atoms. The maximum absolute atomic E-state index is 10.7. The first-order chi connectivity index (χ1) is 9.65. The predicted octanol–water partition coefficient (Wildman–Crippen LogP) is 4.16. The molecule has 2 rings (SSSR count). The third-order valence-electron chi connectivity index (χ3n) is 2.74. The monoisotopic (exact) mass is 287 g/mol. The largest absolute Gasteiger partial charge is 0.478 e. The second kappa shape index (κ2) is 6.78. The molecule has 0 atom stereocenters. The Morgan fingerprint density at radius 3 is 2.35 bits per heavy atom. The van der Waals surface area contributed by atoms with Gasteiger partial charge in [-0.25, -0.2) is 4.79 Å². The van der Waals surface area contributed by atoms with Gasteiger partial charge in [0.25, 0.3) is 0 Å². The third-order valence-corrected chi connectivity index (χ3v) is 2.99. The summed E-state index contributed by atoms with van der Waals surface area (Å²) < 4.78 is 0. The summed E-state index contributed by atoms with van der Waals surface area (Å²) in [6.07, 6.45) is 3.99. The summed E-state index contributed by atoms with van der Waals surface area (Å²) in [7, 11) is 0. The van der Waals surface area contributed by atoms with Crippen LogP contribution in [0.3, 0.4) is 0 Å². The van der Waals surface area contributed by atoms with Gasteiger partial charge in [0.15, 0.2) is 0 Å². The van der Waals surface area contributed by atoms with Crippen molar-refractivity contribution in [1.82, 2.24) is 0 Å². The number of halogens is 1. The van der Waals surface area contributed by atoms with Crippen molar-refractivity contribution in [3.63, 3.8) is 0 Å². The summed E-state index contributed by atoms with van der Waals surface area (Å²) in [5.41, 5.74) is 2.25. The Hall–Kier alpha value is -2.26. The van der Waals surface area contributed by atoms with Gasteiger partial charge >= 0.3 is 5.97 Å². The van der Waals surface area contributed by atoms with Crippen molar-refractivity contribution >= 4 is 29.3 Å². The summed E-state index contributed by atoms with van der Waals surface area (Å²) in [5, 5.41) is 12.7. The van der Waals surface area contributed by atoms with Gasteiger partial charge in [0, 0.05) is 17.3 Å². The van der Waals surface area contributed by atoms with Crippen LogP contribution >= 0.6 is 11.6 Å². The molecule has 0 heterocycles. The maximum atomic E-state index is 10.7. The first-order valence-corrected chi connectivity index (χ1v) is 6.52. The van der Waals surface area contributed by atoms with E-state index in [9.17, 15) is 4.79 Å². The SMILES string of the molecule is O=C(O)c1ccc(NC/C=C/c2ccc(Cl)cc2)cc1. The van der Waals surface area contributed by atoms with Crippen LogP contribution in [0.25, 0.3) is 6.08 Å². The quantitative estimate of drug-likeness (QED) is 0.868. The highest BCUT2D eigenvalue weighted by Gasteiger charge is 2.00. The van der Waals surface area contributed by atoms with Gasteiger partial charge in [0.1, 0.15) is 0 Å². The van der Waals surface area contributed by atoms with E-state index in [1.165, 1.54) is 0 Å². The Balaban J connectivity index is 1.86. The zero-order valence-electron chi connectivity index (χ0n) is 10.7. The van der Waals surface area contributed by atoms with Gasteiger partial charge in [-0.05, 0) is 42.0 Å². The molecule has 0 aliphatic heterocycles. The smallest absolute Gasteiger partial charge is 0.335 e. The van der Waals surface area contributed by atoms with Crippen LogP contribution in [0.1, 0.15) is 15.9 Å². The molecule has 0 aromatic heterocycles. The minimum absolute atomic E-state index is 0.284. The molecule has 0 radical (unpaired) electrons. The van der Waals surface area contributed by atoms with E-state index in [1.807, 2.05) is 36.4 Å². The van der Waals surface area contributed by atoms with Crippen molar-refractivity contribution in [3.05, 3.63) is 70.8 Å². The summed E-state index contributed by atoms with van der Waals surface area (Å²) in [6, 6.07) is 14.2. The number of benzene rings is 2. The summed E-state index contributed by atoms with van der Waals surface area (Å²) in [6.45, 7) is 0.662. The highest BCUT2D eigenvalue weighted by Crippen LogP contribution is 2.11. The summed E-state index contributed by atoms with van der Waals surface area (Å²) >= 11 is 5.81. The molecular weight excluding hydrogens is 274 g/mol. The van der Waals surface area contributed by atoms with Gasteiger partial charge in [-0.1, -0.05) is 35.9 Å². The highest BCUT2D eigenvalue weighted by molar-refractivity contribution is 6.30. The Morgan fingerprint density at radius 2 is 1.75 bits per heavy atom. The van der Waals surface area contributed by atoms with Crippen LogP contribution in [0, 0.1) is 0 Å². The van der Waals surface area contributed by atoms with Crippen LogP contribution in [0.15, 0.2) is 54.6 Å². The van der Waals surface area contributed by atoms with Crippen molar-refractivity contribution < 1.29 is 9.90 Å². The molecule has 0 aliphatic rings. The van der Waals surface area contributed by atoms with E-state index < -0.39 is 5.97 Å². The van der Waals surface area contributed by atoms with Gasteiger partial charge in [0.05, 0.1) is 5.56 Å². The molecule has 0 saturated carbocycles. The van der Waals surface area contributed by atoms with Crippen LogP contribution < -0.4 is 5.32 Å². The first kappa shape index (κ1) is 14.2. The molecule has 20 heavy (non-hydrogen) atoms. The molecule has 2 aromatic rings. The normalized spacial score (nSPS) is 10.7. The van der Waals surface area contributed by atoms with E-state index in [0.29, 0.717) is 6.54 Å². The van der Waals surface area contributed by atoms with Crippen molar-refractivity contribution in [1.29, 1.82) is 0 Å². The molecule has 102 valence electrons. The molecule has 0 bridgehead atoms. The third kappa shape index (κ3) is 4.14. The lowest BCUT2D eigenvalue weighted by Gasteiger charge is -2.03. The average molecular weight is 288 g/mol. The van der Waals surface area contributed by atoms with E-state index in [0.717, 1.165) is 16.3 Å². The number of hydrogen-bond acceptors (Lipinski definition) is 2. The molecule has 3 nitrogen and oxygen atoms in total. The molecule has 0 fully saturated rings. The van der Waals surface area contributed by atoms with Crippen molar-refractivity contribution in [2.45, 2.75) is 0 Å². The lowest BCUT2D eigenvalue weighted by molar-refractivity contribution is 0.0697. The van der Waals surface area contributed by atoms with E-state index in [4.69, 9.17) is 16.7 Å². The molecular formula is C16H14ClNO2. The fourth-order valence-electron chi connectivity index (χ4n) is 1.68. The topological polar surface area (TPSA) is 49.3 Å². The maximum Gasteiger partial charge on any atom is 0.335 e. The fraction of sp³-hybridized carbons (Fsp3) is 0.0625. The second-order valence-corrected chi connectivity index (χ2v) is 4.65. The Morgan fingerprint density at radius 1 is 1.10 bits per heavy atom. The number of rotatable bonds is 5. The molecule has 0 saturated heterocycles. The standard InChI is InChI=1S/C16H14ClNO2/c17-14-7-3-12(4-8-14)2-1-11-18-15-9-5-13(6-10-15)16(19)20/h1-10,18H,11H2,(H,19,20)/b2-1+. The Labute approximate surface area is 122 Å².